The minimum Gasteiger partial charge on any atom is -0.392 e. The lowest BCUT2D eigenvalue weighted by Crippen LogP contribution is -2.21. The molecule has 0 bridgehead atoms. The molecule has 0 fully saturated rings. The van der Waals surface area contributed by atoms with Gasteiger partial charge in [-0.2, -0.15) is 0 Å². The van der Waals surface area contributed by atoms with Gasteiger partial charge < -0.3 is 5.11 Å². The molecule has 2 atom stereocenters. The molecule has 0 amide bonds. The van der Waals surface area contributed by atoms with Crippen molar-refractivity contribution in [1.82, 2.24) is 0 Å². The average Bonchev–Trinajstić information content (AvgIpc) is 2.90. The first kappa shape index (κ1) is 15.1. The molecule has 2 unspecified atom stereocenters. The Balaban J connectivity index is 1.71. The Labute approximate surface area is 122 Å². The molecule has 0 aromatic carbocycles. The number of rotatable bonds is 8. The summed E-state index contributed by atoms with van der Waals surface area (Å²) in [4.78, 5) is 1.53. The number of unbranched alkanes of at least 4 members (excludes halogenated alkanes) is 5. The van der Waals surface area contributed by atoms with Crippen molar-refractivity contribution >= 4 is 11.3 Å². The fourth-order valence-corrected chi connectivity index (χ4v) is 4.25. The van der Waals surface area contributed by atoms with E-state index in [0.29, 0.717) is 5.92 Å². The largest absolute Gasteiger partial charge is 0.392 e. The van der Waals surface area contributed by atoms with Gasteiger partial charge in [-0.05, 0) is 42.7 Å². The van der Waals surface area contributed by atoms with Gasteiger partial charge in [0.25, 0.3) is 0 Å². The summed E-state index contributed by atoms with van der Waals surface area (Å²) in [5, 5.41) is 12.6. The number of hydrogen-bond donors (Lipinski definition) is 1. The minimum atomic E-state index is -0.111. The number of thiophene rings is 1. The highest BCUT2D eigenvalue weighted by atomic mass is 32.1. The maximum absolute atomic E-state index is 10.4. The molecule has 0 spiro atoms. The summed E-state index contributed by atoms with van der Waals surface area (Å²) in [5.74, 6) is 0.422. The molecule has 0 saturated carbocycles. The third-order valence-corrected chi connectivity index (χ3v) is 5.41. The van der Waals surface area contributed by atoms with Gasteiger partial charge in [-0.3, -0.25) is 0 Å². The lowest BCUT2D eigenvalue weighted by molar-refractivity contribution is 0.122. The Morgan fingerprint density at radius 2 is 2.05 bits per heavy atom. The van der Waals surface area contributed by atoms with Crippen LogP contribution in [0.4, 0.5) is 0 Å². The molecule has 1 N–H and O–H groups in total. The molecular formula is C17H28OS. The number of fused-ring (bicyclic) bond motifs is 1. The molecule has 0 radical (unpaired) electrons. The topological polar surface area (TPSA) is 20.2 Å². The lowest BCUT2D eigenvalue weighted by atomic mass is 9.82. The van der Waals surface area contributed by atoms with E-state index in [2.05, 4.69) is 18.4 Å². The van der Waals surface area contributed by atoms with E-state index in [9.17, 15) is 5.11 Å². The third-order valence-electron chi connectivity index (χ3n) is 4.42. The van der Waals surface area contributed by atoms with Crippen molar-refractivity contribution in [3.63, 3.8) is 0 Å². The smallest absolute Gasteiger partial charge is 0.0609 e. The third kappa shape index (κ3) is 4.32. The van der Waals surface area contributed by atoms with Crippen LogP contribution in [0.5, 0.6) is 0 Å². The summed E-state index contributed by atoms with van der Waals surface area (Å²) in [7, 11) is 0. The summed E-state index contributed by atoms with van der Waals surface area (Å²) in [5.41, 5.74) is 1.45. The molecule has 19 heavy (non-hydrogen) atoms. The predicted octanol–water partition coefficient (Wildman–Crippen LogP) is 5.28. The predicted molar refractivity (Wildman–Crippen MR) is 84.0 cm³/mol. The second kappa shape index (κ2) is 8.06. The van der Waals surface area contributed by atoms with Crippen molar-refractivity contribution in [2.75, 3.05) is 0 Å². The van der Waals surface area contributed by atoms with E-state index >= 15 is 0 Å². The molecule has 1 aliphatic rings. The first-order chi connectivity index (χ1) is 9.33. The Morgan fingerprint density at radius 1 is 1.26 bits per heavy atom. The van der Waals surface area contributed by atoms with Crippen LogP contribution < -0.4 is 0 Å². The Bertz CT molecular complexity index is 358. The first-order valence-electron chi connectivity index (χ1n) is 8.07. The maximum atomic E-state index is 10.4. The zero-order valence-electron chi connectivity index (χ0n) is 12.2. The Kier molecular flexibility index (Phi) is 6.39. The molecule has 108 valence electrons. The van der Waals surface area contributed by atoms with E-state index in [-0.39, 0.29) is 6.10 Å². The minimum absolute atomic E-state index is 0.111. The van der Waals surface area contributed by atoms with E-state index in [0.717, 1.165) is 6.42 Å². The van der Waals surface area contributed by atoms with Gasteiger partial charge in [-0.25, -0.2) is 0 Å². The lowest BCUT2D eigenvalue weighted by Gasteiger charge is -2.27. The van der Waals surface area contributed by atoms with Crippen LogP contribution >= 0.6 is 11.3 Å². The molecule has 2 rings (SSSR count). The van der Waals surface area contributed by atoms with E-state index in [1.165, 1.54) is 68.2 Å². The van der Waals surface area contributed by atoms with E-state index in [1.54, 1.807) is 0 Å². The standard InChI is InChI=1S/C17H28OS/c1-2-3-4-5-6-7-10-16(18)14-9-8-11-17-15(14)12-13-19-17/h12-14,16,18H,2-11H2,1H3. The van der Waals surface area contributed by atoms with Crippen LogP contribution in [0.3, 0.4) is 0 Å². The molecule has 1 aromatic rings. The summed E-state index contributed by atoms with van der Waals surface area (Å²) in [6, 6.07) is 2.24. The molecule has 1 aliphatic carbocycles. The van der Waals surface area contributed by atoms with Crippen LogP contribution in [0.1, 0.15) is 81.1 Å². The summed E-state index contributed by atoms with van der Waals surface area (Å²) >= 11 is 1.87. The van der Waals surface area contributed by atoms with Crippen molar-refractivity contribution in [1.29, 1.82) is 0 Å². The molecule has 2 heteroatoms. The summed E-state index contributed by atoms with van der Waals surface area (Å²) in [6.45, 7) is 2.26. The van der Waals surface area contributed by atoms with E-state index in [4.69, 9.17) is 0 Å². The second-order valence-corrected chi connectivity index (χ2v) is 6.92. The fourth-order valence-electron chi connectivity index (χ4n) is 3.26. The SMILES string of the molecule is CCCCCCCCC(O)C1CCCc2sccc21. The zero-order chi connectivity index (χ0) is 13.5. The fraction of sp³-hybridized carbons (Fsp3) is 0.765. The van der Waals surface area contributed by atoms with Crippen LogP contribution in [0, 0.1) is 0 Å². The Morgan fingerprint density at radius 3 is 2.89 bits per heavy atom. The number of aliphatic hydroxyl groups excluding tert-OH is 1. The van der Waals surface area contributed by atoms with Crippen LogP contribution in [0.25, 0.3) is 0 Å². The van der Waals surface area contributed by atoms with Gasteiger partial charge in [-0.1, -0.05) is 45.4 Å². The van der Waals surface area contributed by atoms with Crippen molar-refractivity contribution < 1.29 is 5.11 Å². The van der Waals surface area contributed by atoms with Gasteiger partial charge >= 0.3 is 0 Å². The molecular weight excluding hydrogens is 252 g/mol. The molecule has 0 saturated heterocycles. The summed E-state index contributed by atoms with van der Waals surface area (Å²) in [6.07, 6.45) is 12.4. The van der Waals surface area contributed by atoms with Crippen LogP contribution in [-0.4, -0.2) is 11.2 Å². The van der Waals surface area contributed by atoms with Gasteiger partial charge in [0.15, 0.2) is 0 Å². The van der Waals surface area contributed by atoms with E-state index < -0.39 is 0 Å². The van der Waals surface area contributed by atoms with Gasteiger partial charge in [0.1, 0.15) is 0 Å². The number of aliphatic hydroxyl groups is 1. The van der Waals surface area contributed by atoms with Crippen molar-refractivity contribution in [2.45, 2.75) is 83.2 Å². The van der Waals surface area contributed by atoms with Crippen LogP contribution in [0.15, 0.2) is 11.4 Å². The highest BCUT2D eigenvalue weighted by Crippen LogP contribution is 2.38. The molecule has 1 nitrogen and oxygen atoms in total. The highest BCUT2D eigenvalue weighted by Gasteiger charge is 2.26. The molecule has 0 aliphatic heterocycles. The molecule has 1 heterocycles. The van der Waals surface area contributed by atoms with Gasteiger partial charge in [0.2, 0.25) is 0 Å². The Hall–Kier alpha value is -0.340. The monoisotopic (exact) mass is 280 g/mol. The maximum Gasteiger partial charge on any atom is 0.0609 e. The van der Waals surface area contributed by atoms with E-state index in [1.807, 2.05) is 11.3 Å². The van der Waals surface area contributed by atoms with Gasteiger partial charge in [-0.15, -0.1) is 11.3 Å². The first-order valence-corrected chi connectivity index (χ1v) is 8.95. The highest BCUT2D eigenvalue weighted by molar-refractivity contribution is 7.10. The van der Waals surface area contributed by atoms with Crippen molar-refractivity contribution in [3.8, 4) is 0 Å². The number of hydrogen-bond acceptors (Lipinski definition) is 2. The molecule has 1 aromatic heterocycles. The summed E-state index contributed by atoms with van der Waals surface area (Å²) < 4.78 is 0. The van der Waals surface area contributed by atoms with Crippen LogP contribution in [0.2, 0.25) is 0 Å². The normalized spacial score (nSPS) is 20.2. The number of aryl methyl sites for hydroxylation is 1. The van der Waals surface area contributed by atoms with Crippen molar-refractivity contribution in [3.05, 3.63) is 21.9 Å². The van der Waals surface area contributed by atoms with Gasteiger partial charge in [0.05, 0.1) is 6.10 Å². The zero-order valence-corrected chi connectivity index (χ0v) is 13.1. The average molecular weight is 280 g/mol. The second-order valence-electron chi connectivity index (χ2n) is 5.92. The van der Waals surface area contributed by atoms with Crippen LogP contribution in [-0.2, 0) is 6.42 Å². The quantitative estimate of drug-likeness (QED) is 0.642. The van der Waals surface area contributed by atoms with Crippen molar-refractivity contribution in [2.24, 2.45) is 0 Å². The van der Waals surface area contributed by atoms with Gasteiger partial charge in [0, 0.05) is 10.8 Å².